The lowest BCUT2D eigenvalue weighted by Gasteiger charge is -2.10. The molecule has 2 heterocycles. The van der Waals surface area contributed by atoms with Crippen molar-refractivity contribution in [1.29, 1.82) is 0 Å². The summed E-state index contributed by atoms with van der Waals surface area (Å²) in [5, 5.41) is 11.7. The van der Waals surface area contributed by atoms with Crippen LogP contribution >= 0.6 is 0 Å². The first kappa shape index (κ1) is 13.2. The molecule has 100 valence electrons. The van der Waals surface area contributed by atoms with Crippen LogP contribution in [0.2, 0.25) is 0 Å². The van der Waals surface area contributed by atoms with Crippen molar-refractivity contribution >= 4 is 5.91 Å². The summed E-state index contributed by atoms with van der Waals surface area (Å²) in [6.45, 7) is 2.36. The number of aliphatic hydroxyl groups is 1. The van der Waals surface area contributed by atoms with Gasteiger partial charge in [0.2, 0.25) is 0 Å². The minimum atomic E-state index is -0.177. The lowest BCUT2D eigenvalue weighted by atomic mass is 10.2. The average molecular weight is 260 g/mol. The van der Waals surface area contributed by atoms with E-state index in [2.05, 4.69) is 15.3 Å². The Balaban J connectivity index is 2.08. The van der Waals surface area contributed by atoms with Crippen LogP contribution in [0.25, 0.3) is 5.82 Å². The Hall–Kier alpha value is -2.21. The fraction of sp³-hybridized carbons (Fsp3) is 0.308. The van der Waals surface area contributed by atoms with Crippen molar-refractivity contribution in [2.24, 2.45) is 5.92 Å². The van der Waals surface area contributed by atoms with E-state index in [-0.39, 0.29) is 18.4 Å². The second-order valence-electron chi connectivity index (χ2n) is 4.37. The second-order valence-corrected chi connectivity index (χ2v) is 4.37. The molecule has 0 aliphatic carbocycles. The van der Waals surface area contributed by atoms with Gasteiger partial charge < -0.3 is 10.4 Å². The first-order valence-corrected chi connectivity index (χ1v) is 6.04. The number of nitrogens with one attached hydrogen (secondary N) is 1. The highest BCUT2D eigenvalue weighted by molar-refractivity contribution is 5.94. The highest BCUT2D eigenvalue weighted by Gasteiger charge is 2.09. The maximum Gasteiger partial charge on any atom is 0.251 e. The number of hydrogen-bond donors (Lipinski definition) is 2. The standard InChI is InChI=1S/C13H16N4O2/c1-10(8-18)7-16-13(19)11-2-3-15-12(6-11)17-5-4-14-9-17/h2-6,9-10,18H,7-8H2,1H3,(H,16,19). The number of aromatic nitrogens is 3. The zero-order valence-corrected chi connectivity index (χ0v) is 10.7. The lowest BCUT2D eigenvalue weighted by molar-refractivity contribution is 0.0942. The third-order valence-electron chi connectivity index (χ3n) is 2.70. The van der Waals surface area contributed by atoms with Crippen molar-refractivity contribution in [2.75, 3.05) is 13.2 Å². The quantitative estimate of drug-likeness (QED) is 0.826. The summed E-state index contributed by atoms with van der Waals surface area (Å²) in [7, 11) is 0. The van der Waals surface area contributed by atoms with Crippen molar-refractivity contribution < 1.29 is 9.90 Å². The predicted octanol–water partition coefficient (Wildman–Crippen LogP) is 0.625. The van der Waals surface area contributed by atoms with Crippen molar-refractivity contribution in [3.05, 3.63) is 42.6 Å². The Morgan fingerprint density at radius 3 is 3.05 bits per heavy atom. The summed E-state index contributed by atoms with van der Waals surface area (Å²) in [5.41, 5.74) is 0.531. The summed E-state index contributed by atoms with van der Waals surface area (Å²) in [6.07, 6.45) is 6.62. The summed E-state index contributed by atoms with van der Waals surface area (Å²) >= 11 is 0. The van der Waals surface area contributed by atoms with Gasteiger partial charge >= 0.3 is 0 Å². The topological polar surface area (TPSA) is 80.0 Å². The highest BCUT2D eigenvalue weighted by atomic mass is 16.3. The Morgan fingerprint density at radius 1 is 1.53 bits per heavy atom. The van der Waals surface area contributed by atoms with Crippen LogP contribution in [0.5, 0.6) is 0 Å². The molecule has 0 bridgehead atoms. The Bertz CT molecular complexity index is 539. The van der Waals surface area contributed by atoms with Crippen molar-refractivity contribution in [3.63, 3.8) is 0 Å². The van der Waals surface area contributed by atoms with Crippen LogP contribution < -0.4 is 5.32 Å². The molecule has 19 heavy (non-hydrogen) atoms. The number of rotatable bonds is 5. The minimum absolute atomic E-state index is 0.0407. The van der Waals surface area contributed by atoms with E-state index in [1.165, 1.54) is 0 Å². The number of pyridine rings is 1. The number of imidazole rings is 1. The van der Waals surface area contributed by atoms with E-state index < -0.39 is 0 Å². The molecule has 6 heteroatoms. The summed E-state index contributed by atoms with van der Waals surface area (Å²) in [5.74, 6) is 0.503. The Morgan fingerprint density at radius 2 is 2.37 bits per heavy atom. The molecule has 2 aromatic heterocycles. The van der Waals surface area contributed by atoms with Gasteiger partial charge in [0.15, 0.2) is 0 Å². The summed E-state index contributed by atoms with van der Waals surface area (Å²) in [6, 6.07) is 3.35. The molecule has 0 saturated heterocycles. The molecule has 0 fully saturated rings. The van der Waals surface area contributed by atoms with E-state index in [4.69, 9.17) is 5.11 Å². The predicted molar refractivity (Wildman–Crippen MR) is 69.9 cm³/mol. The SMILES string of the molecule is CC(CO)CNC(=O)c1ccnc(-n2ccnc2)c1. The van der Waals surface area contributed by atoms with Gasteiger partial charge in [-0.3, -0.25) is 9.36 Å². The van der Waals surface area contributed by atoms with E-state index >= 15 is 0 Å². The first-order valence-electron chi connectivity index (χ1n) is 6.04. The number of carbonyl (C=O) groups is 1. The van der Waals surface area contributed by atoms with Crippen LogP contribution in [0.3, 0.4) is 0 Å². The number of carbonyl (C=O) groups excluding carboxylic acids is 1. The number of amides is 1. The van der Waals surface area contributed by atoms with Crippen LogP contribution in [0.15, 0.2) is 37.1 Å². The molecule has 2 N–H and O–H groups in total. The van der Waals surface area contributed by atoms with Gasteiger partial charge in [0, 0.05) is 37.3 Å². The van der Waals surface area contributed by atoms with Crippen LogP contribution in [-0.2, 0) is 0 Å². The molecular formula is C13H16N4O2. The largest absolute Gasteiger partial charge is 0.396 e. The maximum absolute atomic E-state index is 11.9. The molecule has 2 aromatic rings. The van der Waals surface area contributed by atoms with Crippen molar-refractivity contribution in [1.82, 2.24) is 19.9 Å². The molecule has 1 unspecified atom stereocenters. The second kappa shape index (κ2) is 6.10. The normalized spacial score (nSPS) is 12.1. The fourth-order valence-corrected chi connectivity index (χ4v) is 1.53. The average Bonchev–Trinajstić information content (AvgIpc) is 2.98. The Labute approximate surface area is 111 Å². The molecule has 0 aromatic carbocycles. The number of aliphatic hydroxyl groups excluding tert-OH is 1. The molecule has 0 radical (unpaired) electrons. The molecule has 0 aliphatic rings. The van der Waals surface area contributed by atoms with Gasteiger partial charge in [0.1, 0.15) is 12.1 Å². The number of hydrogen-bond acceptors (Lipinski definition) is 4. The van der Waals surface area contributed by atoms with E-state index in [9.17, 15) is 4.79 Å². The summed E-state index contributed by atoms with van der Waals surface area (Å²) < 4.78 is 1.73. The molecule has 0 saturated carbocycles. The molecule has 6 nitrogen and oxygen atoms in total. The molecule has 0 aliphatic heterocycles. The third kappa shape index (κ3) is 3.38. The van der Waals surface area contributed by atoms with Gasteiger partial charge in [-0.25, -0.2) is 9.97 Å². The van der Waals surface area contributed by atoms with Crippen molar-refractivity contribution in [3.8, 4) is 5.82 Å². The van der Waals surface area contributed by atoms with Crippen LogP contribution in [0.4, 0.5) is 0 Å². The number of nitrogens with zero attached hydrogens (tertiary/aromatic N) is 3. The monoisotopic (exact) mass is 260 g/mol. The van der Waals surface area contributed by atoms with E-state index in [1.54, 1.807) is 41.6 Å². The van der Waals surface area contributed by atoms with Crippen LogP contribution in [0, 0.1) is 5.92 Å². The maximum atomic E-state index is 11.9. The lowest BCUT2D eigenvalue weighted by Crippen LogP contribution is -2.29. The van der Waals surface area contributed by atoms with Gasteiger partial charge in [-0.2, -0.15) is 0 Å². The van der Waals surface area contributed by atoms with Gasteiger partial charge in [0.25, 0.3) is 5.91 Å². The molecular weight excluding hydrogens is 244 g/mol. The smallest absolute Gasteiger partial charge is 0.251 e. The van der Waals surface area contributed by atoms with Gasteiger partial charge in [0.05, 0.1) is 0 Å². The molecule has 0 spiro atoms. The van der Waals surface area contributed by atoms with Gasteiger partial charge in [-0.05, 0) is 18.1 Å². The van der Waals surface area contributed by atoms with Crippen molar-refractivity contribution in [2.45, 2.75) is 6.92 Å². The zero-order chi connectivity index (χ0) is 13.7. The third-order valence-corrected chi connectivity index (χ3v) is 2.70. The van der Waals surface area contributed by atoms with E-state index in [0.29, 0.717) is 17.9 Å². The van der Waals surface area contributed by atoms with Gasteiger partial charge in [-0.1, -0.05) is 6.92 Å². The Kier molecular flexibility index (Phi) is 4.25. The van der Waals surface area contributed by atoms with Crippen LogP contribution in [0.1, 0.15) is 17.3 Å². The zero-order valence-electron chi connectivity index (χ0n) is 10.7. The van der Waals surface area contributed by atoms with E-state index in [0.717, 1.165) is 0 Å². The first-order chi connectivity index (χ1) is 9.20. The van der Waals surface area contributed by atoms with Crippen LogP contribution in [-0.4, -0.2) is 38.7 Å². The molecule has 2 rings (SSSR count). The van der Waals surface area contributed by atoms with Gasteiger partial charge in [-0.15, -0.1) is 0 Å². The fourth-order valence-electron chi connectivity index (χ4n) is 1.53. The summed E-state index contributed by atoms with van der Waals surface area (Å²) in [4.78, 5) is 20.1. The minimum Gasteiger partial charge on any atom is -0.396 e. The molecule has 1 atom stereocenters. The highest BCUT2D eigenvalue weighted by Crippen LogP contribution is 2.07. The molecule has 1 amide bonds. The van der Waals surface area contributed by atoms with E-state index in [1.807, 2.05) is 6.92 Å².